The Morgan fingerprint density at radius 2 is 1.88 bits per heavy atom. The number of benzene rings is 2. The van der Waals surface area contributed by atoms with Crippen LogP contribution in [0.3, 0.4) is 0 Å². The van der Waals surface area contributed by atoms with Crippen molar-refractivity contribution in [3.05, 3.63) is 54.1 Å². The number of ether oxygens (including phenoxy) is 1. The fourth-order valence-electron chi connectivity index (χ4n) is 4.43. The van der Waals surface area contributed by atoms with Crippen LogP contribution in [0.25, 0.3) is 0 Å². The molecule has 1 N–H and O–H groups in total. The second-order valence-electron chi connectivity index (χ2n) is 8.42. The topological polar surface area (TPSA) is 91.3 Å². The normalized spacial score (nSPS) is 23.7. The third kappa shape index (κ3) is 4.81. The quantitative estimate of drug-likeness (QED) is 0.709. The van der Waals surface area contributed by atoms with Gasteiger partial charge in [0.1, 0.15) is 5.75 Å². The Morgan fingerprint density at radius 3 is 2.64 bits per heavy atom. The average molecular weight is 487 g/mol. The summed E-state index contributed by atoms with van der Waals surface area (Å²) in [4.78, 5) is 21.8. The van der Waals surface area contributed by atoms with Gasteiger partial charge < -0.3 is 19.9 Å². The molecular weight excluding hydrogens is 460 g/mol. The maximum Gasteiger partial charge on any atom is 0.254 e. The molecule has 0 aliphatic carbocycles. The summed E-state index contributed by atoms with van der Waals surface area (Å²) in [7, 11) is -1.31. The molecule has 0 bridgehead atoms. The molecule has 1 amide bonds. The van der Waals surface area contributed by atoms with Crippen molar-refractivity contribution in [2.24, 2.45) is 4.99 Å². The van der Waals surface area contributed by atoms with Gasteiger partial charge in [0, 0.05) is 54.4 Å². The van der Waals surface area contributed by atoms with Crippen LogP contribution >= 0.6 is 11.8 Å². The maximum absolute atomic E-state index is 13.1. The fraction of sp³-hybridized carbons (Fsp3) is 0.391. The van der Waals surface area contributed by atoms with Crippen LogP contribution in [0.4, 0.5) is 11.4 Å². The van der Waals surface area contributed by atoms with E-state index in [0.717, 1.165) is 35.4 Å². The molecule has 3 heterocycles. The van der Waals surface area contributed by atoms with Gasteiger partial charge in [-0.2, -0.15) is 0 Å². The van der Waals surface area contributed by atoms with Crippen LogP contribution in [0.15, 0.2) is 53.5 Å². The minimum atomic E-state index is -2.97. The number of carbonyl (C=O) groups is 1. The molecule has 0 saturated carbocycles. The van der Waals surface area contributed by atoms with E-state index in [-0.39, 0.29) is 28.7 Å². The standard InChI is InChI=1S/C23H26N4O4S2/c1-31-19-7-3-6-18(13-19)26-8-10-27(11-9-26)22(28)16-4-2-5-17(12-16)24-23-25-20-14-33(29,30)15-21(20)32-23/h2-7,12-13,20-21H,8-11,14-15H2,1H3,(H,24,25)/t20-,21+/m0/s1. The third-order valence-corrected chi connectivity index (χ3v) is 9.31. The van der Waals surface area contributed by atoms with E-state index in [1.807, 2.05) is 47.4 Å². The van der Waals surface area contributed by atoms with E-state index in [0.29, 0.717) is 18.7 Å². The van der Waals surface area contributed by atoms with Gasteiger partial charge in [-0.3, -0.25) is 9.79 Å². The van der Waals surface area contributed by atoms with Gasteiger partial charge in [0.15, 0.2) is 15.0 Å². The fourth-order valence-corrected chi connectivity index (χ4v) is 8.10. The number of rotatable bonds is 4. The molecule has 174 valence electrons. The minimum absolute atomic E-state index is 0.00733. The van der Waals surface area contributed by atoms with Crippen molar-refractivity contribution in [3.63, 3.8) is 0 Å². The number of nitrogens with zero attached hydrogens (tertiary/aromatic N) is 3. The SMILES string of the molecule is COc1cccc(N2CCN(C(=O)c3cccc(NC4=N[C@H]5CS(=O)(=O)C[C@H]5S4)c3)CC2)c1. The van der Waals surface area contributed by atoms with Gasteiger partial charge in [-0.05, 0) is 30.3 Å². The molecule has 0 aromatic heterocycles. The van der Waals surface area contributed by atoms with Crippen LogP contribution < -0.4 is 15.0 Å². The molecule has 2 saturated heterocycles. The molecule has 2 aromatic rings. The monoisotopic (exact) mass is 486 g/mol. The van der Waals surface area contributed by atoms with Gasteiger partial charge in [0.2, 0.25) is 0 Å². The number of amides is 1. The molecule has 2 atom stereocenters. The predicted molar refractivity (Wildman–Crippen MR) is 132 cm³/mol. The summed E-state index contributed by atoms with van der Waals surface area (Å²) in [6, 6.07) is 15.2. The van der Waals surface area contributed by atoms with E-state index in [1.165, 1.54) is 11.8 Å². The molecule has 0 unspecified atom stereocenters. The highest BCUT2D eigenvalue weighted by atomic mass is 32.2. The zero-order valence-electron chi connectivity index (χ0n) is 18.3. The van der Waals surface area contributed by atoms with Gasteiger partial charge in [0.25, 0.3) is 5.91 Å². The minimum Gasteiger partial charge on any atom is -0.497 e. The summed E-state index contributed by atoms with van der Waals surface area (Å²) in [6.07, 6.45) is 0. The second kappa shape index (κ2) is 8.90. The summed E-state index contributed by atoms with van der Waals surface area (Å²) in [5.74, 6) is 1.13. The Kier molecular flexibility index (Phi) is 5.96. The van der Waals surface area contributed by atoms with Crippen LogP contribution in [-0.2, 0) is 9.84 Å². The van der Waals surface area contributed by atoms with Gasteiger partial charge in [0.05, 0.1) is 24.7 Å². The van der Waals surface area contributed by atoms with Crippen molar-refractivity contribution in [1.82, 2.24) is 4.90 Å². The number of nitrogens with one attached hydrogen (secondary N) is 1. The van der Waals surface area contributed by atoms with Gasteiger partial charge in [-0.15, -0.1) is 0 Å². The second-order valence-corrected chi connectivity index (χ2v) is 11.8. The lowest BCUT2D eigenvalue weighted by Crippen LogP contribution is -2.48. The number of hydrogen-bond acceptors (Lipinski definition) is 8. The number of carbonyl (C=O) groups excluding carboxylic acids is 1. The van der Waals surface area contributed by atoms with E-state index >= 15 is 0 Å². The van der Waals surface area contributed by atoms with Gasteiger partial charge in [-0.25, -0.2) is 8.42 Å². The highest BCUT2D eigenvalue weighted by Crippen LogP contribution is 2.34. The number of aliphatic imine (C=N–C) groups is 1. The lowest BCUT2D eigenvalue weighted by molar-refractivity contribution is 0.0747. The number of fused-ring (bicyclic) bond motifs is 1. The van der Waals surface area contributed by atoms with Gasteiger partial charge in [-0.1, -0.05) is 23.9 Å². The van der Waals surface area contributed by atoms with Crippen molar-refractivity contribution in [2.45, 2.75) is 11.3 Å². The number of methoxy groups -OCH3 is 1. The first-order chi connectivity index (χ1) is 15.9. The summed E-state index contributed by atoms with van der Waals surface area (Å²) in [5.41, 5.74) is 2.51. The highest BCUT2D eigenvalue weighted by Gasteiger charge is 2.42. The van der Waals surface area contributed by atoms with E-state index in [9.17, 15) is 13.2 Å². The van der Waals surface area contributed by atoms with E-state index < -0.39 is 9.84 Å². The maximum atomic E-state index is 13.1. The van der Waals surface area contributed by atoms with Crippen LogP contribution in [0.5, 0.6) is 5.75 Å². The lowest BCUT2D eigenvalue weighted by Gasteiger charge is -2.36. The van der Waals surface area contributed by atoms with Crippen molar-refractivity contribution in [1.29, 1.82) is 0 Å². The molecule has 5 rings (SSSR count). The van der Waals surface area contributed by atoms with E-state index in [2.05, 4.69) is 21.3 Å². The molecule has 10 heteroatoms. The van der Waals surface area contributed by atoms with E-state index in [1.54, 1.807) is 7.11 Å². The lowest BCUT2D eigenvalue weighted by atomic mass is 10.1. The Morgan fingerprint density at radius 1 is 1.09 bits per heavy atom. The number of anilines is 2. The van der Waals surface area contributed by atoms with Crippen LogP contribution in [-0.4, -0.2) is 80.5 Å². The predicted octanol–water partition coefficient (Wildman–Crippen LogP) is 2.34. The molecule has 33 heavy (non-hydrogen) atoms. The number of sulfone groups is 1. The first-order valence-electron chi connectivity index (χ1n) is 10.9. The number of thioether (sulfide) groups is 1. The summed E-state index contributed by atoms with van der Waals surface area (Å²) in [5, 5.41) is 3.97. The molecule has 2 aromatic carbocycles. The molecular formula is C23H26N4O4S2. The molecule has 0 radical (unpaired) electrons. The largest absolute Gasteiger partial charge is 0.497 e. The zero-order valence-corrected chi connectivity index (χ0v) is 19.9. The van der Waals surface area contributed by atoms with Crippen molar-refractivity contribution in [3.8, 4) is 5.75 Å². The van der Waals surface area contributed by atoms with E-state index in [4.69, 9.17) is 4.74 Å². The van der Waals surface area contributed by atoms with Crippen molar-refractivity contribution >= 4 is 44.0 Å². The van der Waals surface area contributed by atoms with Crippen LogP contribution in [0, 0.1) is 0 Å². The Balaban J connectivity index is 1.20. The first kappa shape index (κ1) is 22.1. The van der Waals surface area contributed by atoms with Crippen LogP contribution in [0.2, 0.25) is 0 Å². The summed E-state index contributed by atoms with van der Waals surface area (Å²) >= 11 is 1.47. The van der Waals surface area contributed by atoms with Crippen molar-refractivity contribution < 1.29 is 17.9 Å². The Labute approximate surface area is 197 Å². The first-order valence-corrected chi connectivity index (χ1v) is 13.6. The smallest absolute Gasteiger partial charge is 0.254 e. The molecule has 3 aliphatic heterocycles. The summed E-state index contributed by atoms with van der Waals surface area (Å²) in [6.45, 7) is 2.81. The van der Waals surface area contributed by atoms with Crippen LogP contribution in [0.1, 0.15) is 10.4 Å². The zero-order chi connectivity index (χ0) is 23.0. The molecule has 2 fully saturated rings. The average Bonchev–Trinajstić information content (AvgIpc) is 3.31. The number of hydrogen-bond donors (Lipinski definition) is 1. The number of piperazine rings is 1. The molecule has 8 nitrogen and oxygen atoms in total. The molecule has 3 aliphatic rings. The summed E-state index contributed by atoms with van der Waals surface area (Å²) < 4.78 is 28.8. The Hall–Kier alpha value is -2.72. The Bertz CT molecular complexity index is 1190. The third-order valence-electron chi connectivity index (χ3n) is 6.16. The van der Waals surface area contributed by atoms with Crippen molar-refractivity contribution in [2.75, 3.05) is 55.0 Å². The van der Waals surface area contributed by atoms with Gasteiger partial charge >= 0.3 is 0 Å². The number of amidine groups is 1. The highest BCUT2D eigenvalue weighted by molar-refractivity contribution is 8.15. The molecule has 0 spiro atoms.